The smallest absolute Gasteiger partial charge is 0.345 e. The maximum atomic E-state index is 11.0. The van der Waals surface area contributed by atoms with E-state index in [1.165, 1.54) is 12.3 Å². The van der Waals surface area contributed by atoms with E-state index in [4.69, 9.17) is 33.1 Å². The van der Waals surface area contributed by atoms with Gasteiger partial charge in [0.25, 0.3) is 0 Å². The van der Waals surface area contributed by atoms with Crippen molar-refractivity contribution in [3.05, 3.63) is 55.7 Å². The summed E-state index contributed by atoms with van der Waals surface area (Å²) < 4.78 is 0. The van der Waals surface area contributed by atoms with Crippen molar-refractivity contribution in [2.24, 2.45) is 5.16 Å². The van der Waals surface area contributed by atoms with Gasteiger partial charge in [0.1, 0.15) is 4.88 Å². The van der Waals surface area contributed by atoms with Gasteiger partial charge in [-0.1, -0.05) is 34.4 Å². The number of carboxylic acids is 1. The molecule has 21 heavy (non-hydrogen) atoms. The van der Waals surface area contributed by atoms with Crippen LogP contribution in [0.3, 0.4) is 0 Å². The van der Waals surface area contributed by atoms with Crippen LogP contribution in [0.4, 0.5) is 0 Å². The molecule has 0 spiro atoms. The van der Waals surface area contributed by atoms with Crippen LogP contribution in [0.25, 0.3) is 0 Å². The highest BCUT2D eigenvalue weighted by atomic mass is 35.5. The third kappa shape index (κ3) is 3.75. The third-order valence-electron chi connectivity index (χ3n) is 2.61. The summed E-state index contributed by atoms with van der Waals surface area (Å²) in [5, 5.41) is 13.6. The number of carbonyl (C=O) groups is 1. The maximum Gasteiger partial charge on any atom is 0.345 e. The van der Waals surface area contributed by atoms with Crippen LogP contribution in [-0.4, -0.2) is 17.3 Å². The lowest BCUT2D eigenvalue weighted by atomic mass is 10.1. The monoisotopic (exact) mass is 343 g/mol. The average Bonchev–Trinajstić information content (AvgIpc) is 2.93. The number of aromatic carboxylic acids is 1. The second kappa shape index (κ2) is 6.93. The number of carboxylic acid groups (broad SMARTS) is 1. The minimum atomic E-state index is -0.974. The Balaban J connectivity index is 2.41. The van der Waals surface area contributed by atoms with E-state index in [0.29, 0.717) is 10.0 Å². The van der Waals surface area contributed by atoms with Crippen LogP contribution in [-0.2, 0) is 4.84 Å². The quantitative estimate of drug-likeness (QED) is 0.622. The molecule has 0 saturated carbocycles. The second-order valence-electron chi connectivity index (χ2n) is 4.03. The first kappa shape index (κ1) is 15.8. The molecule has 0 amide bonds. The molecule has 110 valence electrons. The van der Waals surface area contributed by atoms with Crippen LogP contribution < -0.4 is 0 Å². The maximum absolute atomic E-state index is 11.0. The molecule has 0 aliphatic heterocycles. The molecule has 2 rings (SSSR count). The number of benzene rings is 1. The summed E-state index contributed by atoms with van der Waals surface area (Å²) in [7, 11) is 0. The first-order valence-electron chi connectivity index (χ1n) is 5.94. The van der Waals surface area contributed by atoms with Gasteiger partial charge >= 0.3 is 5.97 Å². The molecule has 1 unspecified atom stereocenters. The topological polar surface area (TPSA) is 58.9 Å². The van der Waals surface area contributed by atoms with Gasteiger partial charge in [-0.15, -0.1) is 11.3 Å². The lowest BCUT2D eigenvalue weighted by molar-refractivity contribution is 0.0702. The molecule has 0 saturated heterocycles. The highest BCUT2D eigenvalue weighted by Crippen LogP contribution is 2.34. The first-order valence-corrected chi connectivity index (χ1v) is 7.52. The van der Waals surface area contributed by atoms with Gasteiger partial charge in [0.15, 0.2) is 6.10 Å². The molecule has 7 heteroatoms. The van der Waals surface area contributed by atoms with Gasteiger partial charge in [0.05, 0.1) is 14.9 Å². The van der Waals surface area contributed by atoms with Crippen molar-refractivity contribution in [2.45, 2.75) is 13.0 Å². The molecule has 0 radical (unpaired) electrons. The Morgan fingerprint density at radius 2 is 2.10 bits per heavy atom. The Bertz CT molecular complexity index is 685. The highest BCUT2D eigenvalue weighted by Gasteiger charge is 2.20. The SMILES string of the molecule is C/C=N/OC(c1ccc(Cl)c(Cl)c1)c1ccc(C(=O)O)s1. The number of oxime groups is 1. The predicted molar refractivity (Wildman–Crippen MR) is 84.8 cm³/mol. The Kier molecular flexibility index (Phi) is 5.22. The Labute approximate surface area is 135 Å². The molecule has 4 nitrogen and oxygen atoms in total. The van der Waals surface area contributed by atoms with E-state index < -0.39 is 12.1 Å². The van der Waals surface area contributed by atoms with Gasteiger partial charge in [0.2, 0.25) is 0 Å². The molecule has 2 aromatic rings. The fraction of sp³-hybridized carbons (Fsp3) is 0.143. The number of halogens is 2. The van der Waals surface area contributed by atoms with E-state index in [0.717, 1.165) is 21.8 Å². The fourth-order valence-electron chi connectivity index (χ4n) is 1.68. The van der Waals surface area contributed by atoms with Crippen molar-refractivity contribution >= 4 is 46.7 Å². The van der Waals surface area contributed by atoms with E-state index in [1.807, 2.05) is 0 Å². The summed E-state index contributed by atoms with van der Waals surface area (Å²) in [5.74, 6) is -0.974. The molecule has 0 fully saturated rings. The van der Waals surface area contributed by atoms with Crippen LogP contribution in [0, 0.1) is 0 Å². The van der Waals surface area contributed by atoms with Gasteiger partial charge in [0, 0.05) is 11.8 Å². The van der Waals surface area contributed by atoms with Gasteiger partial charge in [-0.3, -0.25) is 0 Å². The zero-order chi connectivity index (χ0) is 15.4. The van der Waals surface area contributed by atoms with Gasteiger partial charge in [-0.25, -0.2) is 4.79 Å². The van der Waals surface area contributed by atoms with Gasteiger partial charge < -0.3 is 9.94 Å². The summed E-state index contributed by atoms with van der Waals surface area (Å²) in [6.07, 6.45) is 0.977. The summed E-state index contributed by atoms with van der Waals surface area (Å²) in [4.78, 5) is 17.4. The van der Waals surface area contributed by atoms with Crippen molar-refractivity contribution in [2.75, 3.05) is 0 Å². The van der Waals surface area contributed by atoms with Crippen molar-refractivity contribution in [3.8, 4) is 0 Å². The second-order valence-corrected chi connectivity index (χ2v) is 5.96. The highest BCUT2D eigenvalue weighted by molar-refractivity contribution is 7.14. The fourth-order valence-corrected chi connectivity index (χ4v) is 2.89. The van der Waals surface area contributed by atoms with Crippen molar-refractivity contribution in [1.82, 2.24) is 0 Å². The van der Waals surface area contributed by atoms with Crippen LogP contribution in [0.5, 0.6) is 0 Å². The lowest BCUT2D eigenvalue weighted by Gasteiger charge is -2.14. The van der Waals surface area contributed by atoms with Crippen LogP contribution >= 0.6 is 34.5 Å². The average molecular weight is 344 g/mol. The van der Waals surface area contributed by atoms with Crippen LogP contribution in [0.1, 0.15) is 33.1 Å². The molecule has 1 aromatic carbocycles. The zero-order valence-corrected chi connectivity index (χ0v) is 13.2. The molecule has 0 bridgehead atoms. The number of rotatable bonds is 5. The summed E-state index contributed by atoms with van der Waals surface area (Å²) in [6.45, 7) is 1.73. The third-order valence-corrected chi connectivity index (χ3v) is 4.47. The van der Waals surface area contributed by atoms with Gasteiger partial charge in [-0.05, 0) is 31.2 Å². The molecule has 1 heterocycles. The molecule has 1 N–H and O–H groups in total. The number of nitrogens with zero attached hydrogens (tertiary/aromatic N) is 1. The van der Waals surface area contributed by atoms with Crippen molar-refractivity contribution in [1.29, 1.82) is 0 Å². The molecule has 0 aliphatic rings. The summed E-state index contributed by atoms with van der Waals surface area (Å²) in [5.41, 5.74) is 0.744. The van der Waals surface area contributed by atoms with Crippen LogP contribution in [0.2, 0.25) is 10.0 Å². The zero-order valence-electron chi connectivity index (χ0n) is 10.9. The molecular weight excluding hydrogens is 333 g/mol. The lowest BCUT2D eigenvalue weighted by Crippen LogP contribution is -2.01. The molecular formula is C14H11Cl2NO3S. The van der Waals surface area contributed by atoms with E-state index in [1.54, 1.807) is 31.2 Å². The molecule has 1 aromatic heterocycles. The number of hydrogen-bond acceptors (Lipinski definition) is 4. The normalized spacial score (nSPS) is 12.5. The summed E-state index contributed by atoms with van der Waals surface area (Å²) >= 11 is 13.1. The molecule has 1 atom stereocenters. The van der Waals surface area contributed by atoms with Crippen molar-refractivity contribution in [3.63, 3.8) is 0 Å². The minimum absolute atomic E-state index is 0.235. The van der Waals surface area contributed by atoms with E-state index in [-0.39, 0.29) is 4.88 Å². The largest absolute Gasteiger partial charge is 0.477 e. The summed E-state index contributed by atoms with van der Waals surface area (Å²) in [6, 6.07) is 8.35. The standard InChI is InChI=1S/C14H11Cl2NO3S/c1-2-17-20-13(8-3-4-9(15)10(16)7-8)11-5-6-12(21-11)14(18)19/h2-7,13H,1H3,(H,18,19)/b17-2+. The van der Waals surface area contributed by atoms with Gasteiger partial charge in [-0.2, -0.15) is 0 Å². The number of thiophene rings is 1. The Morgan fingerprint density at radius 3 is 2.67 bits per heavy atom. The van der Waals surface area contributed by atoms with Crippen molar-refractivity contribution < 1.29 is 14.7 Å². The van der Waals surface area contributed by atoms with E-state index in [9.17, 15) is 4.79 Å². The minimum Gasteiger partial charge on any atom is -0.477 e. The Hall–Kier alpha value is -1.56. The number of hydrogen-bond donors (Lipinski definition) is 1. The van der Waals surface area contributed by atoms with Crippen LogP contribution in [0.15, 0.2) is 35.5 Å². The Morgan fingerprint density at radius 1 is 1.33 bits per heavy atom. The first-order chi connectivity index (χ1) is 10.0. The van der Waals surface area contributed by atoms with E-state index in [2.05, 4.69) is 5.16 Å². The molecule has 0 aliphatic carbocycles. The van der Waals surface area contributed by atoms with E-state index >= 15 is 0 Å². The predicted octanol–water partition coefficient (Wildman–Crippen LogP) is 4.86.